The summed E-state index contributed by atoms with van der Waals surface area (Å²) in [7, 11) is 3.29. The predicted molar refractivity (Wildman–Crippen MR) is 112 cm³/mol. The largest absolute Gasteiger partial charge is 0.497 e. The molecular formula is C21H25ClN4O2. The van der Waals surface area contributed by atoms with E-state index >= 15 is 0 Å². The molecule has 2 aromatic heterocycles. The van der Waals surface area contributed by atoms with E-state index in [9.17, 15) is 0 Å². The third-order valence-corrected chi connectivity index (χ3v) is 5.39. The summed E-state index contributed by atoms with van der Waals surface area (Å²) in [6.45, 7) is 4.18. The molecule has 3 aromatic rings. The van der Waals surface area contributed by atoms with Gasteiger partial charge in [-0.05, 0) is 43.4 Å². The van der Waals surface area contributed by atoms with Crippen LogP contribution in [0.5, 0.6) is 11.6 Å². The number of nitrogens with zero attached hydrogens (tertiary/aromatic N) is 4. The van der Waals surface area contributed by atoms with Gasteiger partial charge < -0.3 is 14.4 Å². The first-order valence-electron chi connectivity index (χ1n) is 9.66. The molecular weight excluding hydrogens is 376 g/mol. The van der Waals surface area contributed by atoms with Gasteiger partial charge in [-0.15, -0.1) is 0 Å². The van der Waals surface area contributed by atoms with E-state index in [0.29, 0.717) is 16.7 Å². The molecule has 0 radical (unpaired) electrons. The minimum atomic E-state index is 0.576. The van der Waals surface area contributed by atoms with Gasteiger partial charge in [0.1, 0.15) is 11.4 Å². The molecule has 4 rings (SSSR count). The third kappa shape index (κ3) is 3.49. The first-order valence-corrected chi connectivity index (χ1v) is 10.0. The van der Waals surface area contributed by atoms with Crippen molar-refractivity contribution in [2.45, 2.75) is 26.2 Å². The van der Waals surface area contributed by atoms with Crippen molar-refractivity contribution in [3.8, 4) is 22.9 Å². The van der Waals surface area contributed by atoms with Gasteiger partial charge in [-0.3, -0.25) is 9.38 Å². The standard InChI is InChI=1S/C21H25ClN4O2/c1-4-10-25(13-14-5-6-14)21-20(28-3)24-19-18(23-9-11-26(19)21)16-8-7-15(27-2)12-17(16)22/h7-9,11-12,14H,4-6,10,13H2,1-3H3. The monoisotopic (exact) mass is 400 g/mol. The summed E-state index contributed by atoms with van der Waals surface area (Å²) in [4.78, 5) is 11.7. The average molecular weight is 401 g/mol. The molecule has 2 heterocycles. The van der Waals surface area contributed by atoms with Crippen LogP contribution < -0.4 is 14.4 Å². The van der Waals surface area contributed by atoms with Crippen LogP contribution in [0.25, 0.3) is 16.9 Å². The van der Waals surface area contributed by atoms with E-state index in [2.05, 4.69) is 21.2 Å². The van der Waals surface area contributed by atoms with Crippen molar-refractivity contribution in [3.63, 3.8) is 0 Å². The predicted octanol–water partition coefficient (Wildman–Crippen LogP) is 4.69. The fourth-order valence-electron chi connectivity index (χ4n) is 3.54. The van der Waals surface area contributed by atoms with Gasteiger partial charge in [-0.25, -0.2) is 0 Å². The second kappa shape index (κ2) is 7.87. The van der Waals surface area contributed by atoms with Crippen LogP contribution in [-0.2, 0) is 0 Å². The van der Waals surface area contributed by atoms with Gasteiger partial charge in [0.15, 0.2) is 11.5 Å². The van der Waals surface area contributed by atoms with Crippen LogP contribution in [0, 0.1) is 5.92 Å². The Balaban J connectivity index is 1.85. The van der Waals surface area contributed by atoms with Gasteiger partial charge in [0, 0.05) is 31.0 Å². The average Bonchev–Trinajstić information content (AvgIpc) is 3.44. The molecule has 0 unspecified atom stereocenters. The van der Waals surface area contributed by atoms with Crippen molar-refractivity contribution in [3.05, 3.63) is 35.6 Å². The van der Waals surface area contributed by atoms with Crippen molar-refractivity contribution >= 4 is 23.1 Å². The van der Waals surface area contributed by atoms with Crippen molar-refractivity contribution in [1.82, 2.24) is 14.4 Å². The Morgan fingerprint density at radius 3 is 2.71 bits per heavy atom. The lowest BCUT2D eigenvalue weighted by Gasteiger charge is -2.24. The van der Waals surface area contributed by atoms with Crippen molar-refractivity contribution in [1.29, 1.82) is 0 Å². The van der Waals surface area contributed by atoms with E-state index < -0.39 is 0 Å². The summed E-state index contributed by atoms with van der Waals surface area (Å²) in [6.07, 6.45) is 7.39. The van der Waals surface area contributed by atoms with Crippen LogP contribution in [0.3, 0.4) is 0 Å². The van der Waals surface area contributed by atoms with E-state index in [-0.39, 0.29) is 0 Å². The number of hydrogen-bond acceptors (Lipinski definition) is 5. The van der Waals surface area contributed by atoms with Crippen molar-refractivity contribution < 1.29 is 9.47 Å². The fourth-order valence-corrected chi connectivity index (χ4v) is 3.80. The maximum atomic E-state index is 6.51. The van der Waals surface area contributed by atoms with Gasteiger partial charge in [0.2, 0.25) is 0 Å². The van der Waals surface area contributed by atoms with E-state index in [1.165, 1.54) is 12.8 Å². The molecule has 0 N–H and O–H groups in total. The number of ether oxygens (including phenoxy) is 2. The zero-order chi connectivity index (χ0) is 19.7. The molecule has 1 saturated carbocycles. The fraction of sp³-hybridized carbons (Fsp3) is 0.429. The molecule has 6 nitrogen and oxygen atoms in total. The van der Waals surface area contributed by atoms with Crippen LogP contribution in [0.2, 0.25) is 5.02 Å². The topological polar surface area (TPSA) is 51.9 Å². The highest BCUT2D eigenvalue weighted by Gasteiger charge is 2.28. The van der Waals surface area contributed by atoms with E-state index in [1.54, 1.807) is 26.5 Å². The Morgan fingerprint density at radius 1 is 1.25 bits per heavy atom. The zero-order valence-corrected chi connectivity index (χ0v) is 17.2. The van der Waals surface area contributed by atoms with Gasteiger partial charge in [0.25, 0.3) is 5.88 Å². The maximum absolute atomic E-state index is 6.51. The first-order chi connectivity index (χ1) is 13.7. The lowest BCUT2D eigenvalue weighted by Crippen LogP contribution is -2.28. The number of fused-ring (bicyclic) bond motifs is 1. The van der Waals surface area contributed by atoms with Crippen LogP contribution in [-0.4, -0.2) is 41.7 Å². The second-order valence-corrected chi connectivity index (χ2v) is 7.56. The highest BCUT2D eigenvalue weighted by molar-refractivity contribution is 6.33. The molecule has 1 aliphatic rings. The molecule has 1 aromatic carbocycles. The van der Waals surface area contributed by atoms with Gasteiger partial charge in [-0.2, -0.15) is 4.98 Å². The molecule has 1 aliphatic carbocycles. The molecule has 0 saturated heterocycles. The molecule has 0 aliphatic heterocycles. The first kappa shape index (κ1) is 18.9. The van der Waals surface area contributed by atoms with E-state index in [0.717, 1.165) is 48.2 Å². The summed E-state index contributed by atoms with van der Waals surface area (Å²) < 4.78 is 13.0. The quantitative estimate of drug-likeness (QED) is 0.548. The Morgan fingerprint density at radius 2 is 2.07 bits per heavy atom. The molecule has 0 spiro atoms. The number of aromatic nitrogens is 3. The minimum absolute atomic E-state index is 0.576. The lowest BCUT2D eigenvalue weighted by atomic mass is 10.1. The van der Waals surface area contributed by atoms with Crippen molar-refractivity contribution in [2.75, 3.05) is 32.2 Å². The highest BCUT2D eigenvalue weighted by Crippen LogP contribution is 2.38. The smallest absolute Gasteiger partial charge is 0.258 e. The van der Waals surface area contributed by atoms with E-state index in [4.69, 9.17) is 26.1 Å². The molecule has 1 fully saturated rings. The number of methoxy groups -OCH3 is 2. The molecule has 0 amide bonds. The highest BCUT2D eigenvalue weighted by atomic mass is 35.5. The van der Waals surface area contributed by atoms with Gasteiger partial charge in [0.05, 0.1) is 19.2 Å². The number of halogens is 1. The molecule has 148 valence electrons. The number of rotatable bonds is 8. The molecule has 28 heavy (non-hydrogen) atoms. The summed E-state index contributed by atoms with van der Waals surface area (Å²) in [5.74, 6) is 3.08. The maximum Gasteiger partial charge on any atom is 0.258 e. The van der Waals surface area contributed by atoms with Crippen LogP contribution in [0.1, 0.15) is 26.2 Å². The number of hydrogen-bond donors (Lipinski definition) is 0. The Bertz CT molecular complexity index is 984. The minimum Gasteiger partial charge on any atom is -0.497 e. The Kier molecular flexibility index (Phi) is 5.31. The Labute approximate surface area is 170 Å². The summed E-state index contributed by atoms with van der Waals surface area (Å²) >= 11 is 6.51. The van der Waals surface area contributed by atoms with Gasteiger partial charge >= 0.3 is 0 Å². The van der Waals surface area contributed by atoms with Crippen molar-refractivity contribution in [2.24, 2.45) is 5.92 Å². The molecule has 7 heteroatoms. The number of benzene rings is 1. The Hall–Kier alpha value is -2.47. The molecule has 0 bridgehead atoms. The van der Waals surface area contributed by atoms with Crippen LogP contribution in [0.4, 0.5) is 5.82 Å². The van der Waals surface area contributed by atoms with Crippen LogP contribution >= 0.6 is 11.6 Å². The van der Waals surface area contributed by atoms with Crippen LogP contribution in [0.15, 0.2) is 30.6 Å². The second-order valence-electron chi connectivity index (χ2n) is 7.15. The number of imidazole rings is 1. The zero-order valence-electron chi connectivity index (χ0n) is 16.5. The van der Waals surface area contributed by atoms with E-state index in [1.807, 2.05) is 18.3 Å². The normalized spacial score (nSPS) is 13.7. The summed E-state index contributed by atoms with van der Waals surface area (Å²) in [5.41, 5.74) is 2.28. The van der Waals surface area contributed by atoms with Gasteiger partial charge in [-0.1, -0.05) is 18.5 Å². The summed E-state index contributed by atoms with van der Waals surface area (Å²) in [5, 5.41) is 0.576. The molecule has 0 atom stereocenters. The SMILES string of the molecule is CCCN(CC1CC1)c1c(OC)nc2c(-c3ccc(OC)cc3Cl)nccn12. The lowest BCUT2D eigenvalue weighted by molar-refractivity contribution is 0.399. The summed E-state index contributed by atoms with van der Waals surface area (Å²) in [6, 6.07) is 5.59. The number of anilines is 1. The third-order valence-electron chi connectivity index (χ3n) is 5.08.